The fourth-order valence-electron chi connectivity index (χ4n) is 5.21. The third-order valence-corrected chi connectivity index (χ3v) is 8.19. The van der Waals surface area contributed by atoms with Crippen LogP contribution in [0.4, 0.5) is 22.0 Å². The number of nitrogens with zero attached hydrogens (tertiary/aromatic N) is 4. The molecule has 3 aromatic heterocycles. The number of urea groups is 1. The van der Waals surface area contributed by atoms with Crippen molar-refractivity contribution < 1.29 is 19.4 Å². The molecule has 1 unspecified atom stereocenters. The summed E-state index contributed by atoms with van der Waals surface area (Å²) in [5, 5.41) is 18.1. The number of ether oxygens (including phenoxy) is 1. The smallest absolute Gasteiger partial charge is 0.332 e. The number of carbonyl (C=O) groups excluding carboxylic acids is 2. The van der Waals surface area contributed by atoms with Gasteiger partial charge < -0.3 is 20.1 Å². The molecule has 0 aliphatic carbocycles. The van der Waals surface area contributed by atoms with E-state index in [1.807, 2.05) is 43.3 Å². The van der Waals surface area contributed by atoms with Crippen molar-refractivity contribution >= 4 is 50.7 Å². The number of benzene rings is 1. The van der Waals surface area contributed by atoms with Gasteiger partial charge in [-0.25, -0.2) is 19.7 Å². The minimum atomic E-state index is -1.05. The van der Waals surface area contributed by atoms with Crippen LogP contribution < -0.4 is 20.3 Å². The molecule has 10 nitrogen and oxygen atoms in total. The molecular formula is C29H28N6O4S. The number of likely N-dealkylation sites (tertiary alicyclic amines) is 1. The number of aliphatic hydroxyl groups excluding tert-OH is 1. The second-order valence-electron chi connectivity index (χ2n) is 9.74. The maximum Gasteiger partial charge on any atom is 0.332 e. The van der Waals surface area contributed by atoms with Crippen LogP contribution in [0.25, 0.3) is 10.2 Å². The van der Waals surface area contributed by atoms with E-state index in [9.17, 15) is 14.7 Å². The van der Waals surface area contributed by atoms with Crippen LogP contribution in [-0.4, -0.2) is 51.0 Å². The van der Waals surface area contributed by atoms with Gasteiger partial charge in [0, 0.05) is 25.3 Å². The zero-order valence-electron chi connectivity index (χ0n) is 21.8. The molecule has 2 aliphatic rings. The lowest BCUT2D eigenvalue weighted by atomic mass is 10.0. The number of thiophene rings is 1. The van der Waals surface area contributed by atoms with E-state index in [0.29, 0.717) is 51.5 Å². The van der Waals surface area contributed by atoms with E-state index in [1.165, 1.54) is 22.3 Å². The molecule has 204 valence electrons. The lowest BCUT2D eigenvalue weighted by Crippen LogP contribution is -2.48. The molecule has 40 heavy (non-hydrogen) atoms. The maximum absolute atomic E-state index is 13.5. The number of hydrogen-bond acceptors (Lipinski definition) is 8. The van der Waals surface area contributed by atoms with Crippen LogP contribution in [0.5, 0.6) is 11.5 Å². The first kappa shape index (κ1) is 25.9. The van der Waals surface area contributed by atoms with E-state index >= 15 is 0 Å². The van der Waals surface area contributed by atoms with Gasteiger partial charge in [0.25, 0.3) is 0 Å². The molecule has 0 spiro atoms. The molecule has 3 N–H and O–H groups in total. The van der Waals surface area contributed by atoms with Crippen molar-refractivity contribution in [3.05, 3.63) is 78.0 Å². The van der Waals surface area contributed by atoms with Crippen molar-refractivity contribution in [3.8, 4) is 11.5 Å². The van der Waals surface area contributed by atoms with Crippen LogP contribution in [0.1, 0.15) is 29.5 Å². The predicted octanol–water partition coefficient (Wildman–Crippen LogP) is 5.23. The summed E-state index contributed by atoms with van der Waals surface area (Å²) in [6, 6.07) is 12.5. The average Bonchev–Trinajstić information content (AvgIpc) is 3.33. The molecule has 0 bridgehead atoms. The van der Waals surface area contributed by atoms with E-state index in [4.69, 9.17) is 4.74 Å². The number of rotatable bonds is 7. The van der Waals surface area contributed by atoms with E-state index in [0.717, 1.165) is 23.8 Å². The summed E-state index contributed by atoms with van der Waals surface area (Å²) >= 11 is 1.32. The Morgan fingerprint density at radius 3 is 2.88 bits per heavy atom. The Morgan fingerprint density at radius 1 is 1.27 bits per heavy atom. The number of nitrogens with one attached hydrogen (secondary N) is 2. The summed E-state index contributed by atoms with van der Waals surface area (Å²) in [4.78, 5) is 39.2. The van der Waals surface area contributed by atoms with Gasteiger partial charge in [-0.15, -0.1) is 11.3 Å². The molecule has 0 saturated carbocycles. The second kappa shape index (κ2) is 10.7. The topological polar surface area (TPSA) is 120 Å². The molecule has 0 radical (unpaired) electrons. The summed E-state index contributed by atoms with van der Waals surface area (Å²) < 4.78 is 5.91. The lowest BCUT2D eigenvalue weighted by Gasteiger charge is -2.34. The minimum absolute atomic E-state index is 0.100. The Kier molecular flexibility index (Phi) is 6.93. The summed E-state index contributed by atoms with van der Waals surface area (Å²) in [5.41, 5.74) is 1.91. The van der Waals surface area contributed by atoms with E-state index in [-0.39, 0.29) is 18.0 Å². The predicted molar refractivity (Wildman–Crippen MR) is 154 cm³/mol. The number of aromatic nitrogens is 2. The van der Waals surface area contributed by atoms with Crippen LogP contribution in [0, 0.1) is 6.92 Å². The molecular weight excluding hydrogens is 528 g/mol. The third-order valence-electron chi connectivity index (χ3n) is 7.04. The Balaban J connectivity index is 1.29. The molecule has 1 fully saturated rings. The highest BCUT2D eigenvalue weighted by Crippen LogP contribution is 2.47. The van der Waals surface area contributed by atoms with Crippen LogP contribution in [0.3, 0.4) is 0 Å². The normalized spacial score (nSPS) is 17.4. The molecule has 2 aliphatic heterocycles. The lowest BCUT2D eigenvalue weighted by molar-refractivity contribution is -0.127. The Morgan fingerprint density at radius 2 is 2.10 bits per heavy atom. The fourth-order valence-corrected chi connectivity index (χ4v) is 6.27. The average molecular weight is 557 g/mol. The van der Waals surface area contributed by atoms with Gasteiger partial charge in [-0.1, -0.05) is 24.8 Å². The van der Waals surface area contributed by atoms with Crippen LogP contribution in [0.2, 0.25) is 0 Å². The van der Waals surface area contributed by atoms with Gasteiger partial charge in [-0.2, -0.15) is 0 Å². The quantitative estimate of drug-likeness (QED) is 0.211. The van der Waals surface area contributed by atoms with Crippen molar-refractivity contribution in [1.82, 2.24) is 20.2 Å². The molecule has 3 amide bonds. The fraction of sp³-hybridized carbons (Fsp3) is 0.241. The molecule has 6 rings (SSSR count). The van der Waals surface area contributed by atoms with Gasteiger partial charge >= 0.3 is 6.03 Å². The molecule has 4 aromatic rings. The van der Waals surface area contributed by atoms with Crippen LogP contribution in [0.15, 0.2) is 67.5 Å². The molecule has 1 aromatic carbocycles. The third kappa shape index (κ3) is 4.79. The highest BCUT2D eigenvalue weighted by Gasteiger charge is 2.35. The number of anilines is 3. The second-order valence-corrected chi connectivity index (χ2v) is 10.8. The number of pyridine rings is 2. The Hall–Kier alpha value is -4.32. The Labute approximate surface area is 234 Å². The maximum atomic E-state index is 13.5. The van der Waals surface area contributed by atoms with Crippen molar-refractivity contribution in [2.75, 3.05) is 23.3 Å². The van der Waals surface area contributed by atoms with Gasteiger partial charge in [-0.05, 0) is 55.7 Å². The first-order valence-corrected chi connectivity index (χ1v) is 13.8. The van der Waals surface area contributed by atoms with Crippen molar-refractivity contribution in [2.24, 2.45) is 0 Å². The molecule has 5 heterocycles. The van der Waals surface area contributed by atoms with Crippen molar-refractivity contribution in [3.63, 3.8) is 0 Å². The number of carbonyl (C=O) groups is 2. The highest BCUT2D eigenvalue weighted by atomic mass is 32.1. The molecule has 11 heteroatoms. The number of aryl methyl sites for hydroxylation is 1. The van der Waals surface area contributed by atoms with E-state index in [1.54, 1.807) is 23.4 Å². The van der Waals surface area contributed by atoms with E-state index < -0.39 is 6.23 Å². The van der Waals surface area contributed by atoms with Gasteiger partial charge in [0.1, 0.15) is 28.4 Å². The SMILES string of the molecule is C=CC(=O)N1CCC[C@@H](NC(O)c2sc3nccc4c3c2NC(=O)N4c2ncc(Oc3ccccc3)cc2C)C1. The number of para-hydroxylation sites is 1. The first-order chi connectivity index (χ1) is 19.4. The van der Waals surface area contributed by atoms with Crippen LogP contribution >= 0.6 is 11.3 Å². The van der Waals surface area contributed by atoms with Gasteiger partial charge in [0.2, 0.25) is 5.91 Å². The Bertz CT molecular complexity index is 1610. The van der Waals surface area contributed by atoms with Gasteiger partial charge in [-0.3, -0.25) is 10.1 Å². The van der Waals surface area contributed by atoms with Crippen molar-refractivity contribution in [1.29, 1.82) is 0 Å². The van der Waals surface area contributed by atoms with Gasteiger partial charge in [0.05, 0.1) is 27.8 Å². The highest BCUT2D eigenvalue weighted by molar-refractivity contribution is 7.19. The number of amides is 3. The zero-order chi connectivity index (χ0) is 27.8. The largest absolute Gasteiger partial charge is 0.456 e. The number of piperidine rings is 1. The molecule has 1 saturated heterocycles. The van der Waals surface area contributed by atoms with Gasteiger partial charge in [0.15, 0.2) is 0 Å². The minimum Gasteiger partial charge on any atom is -0.456 e. The standard InChI is InChI=1S/C29H28N6O4S/c1-3-22(36)34-13-7-8-18(16-34)32-27(37)25-24-23-21(11-12-30-28(23)40-25)35(29(38)33-24)26-17(2)14-20(15-31-26)39-19-9-5-4-6-10-19/h3-6,9-12,14-15,18,27,32,37H,1,7-8,13,16H2,2H3,(H,33,38)/t18-,27?/m1/s1. The summed E-state index contributed by atoms with van der Waals surface area (Å²) in [7, 11) is 0. The summed E-state index contributed by atoms with van der Waals surface area (Å²) in [5.74, 6) is 1.60. The van der Waals surface area contributed by atoms with Crippen molar-refractivity contribution in [2.45, 2.75) is 32.0 Å². The zero-order valence-corrected chi connectivity index (χ0v) is 22.6. The van der Waals surface area contributed by atoms with E-state index in [2.05, 4.69) is 27.2 Å². The summed E-state index contributed by atoms with van der Waals surface area (Å²) in [6.07, 6.45) is 5.14. The monoisotopic (exact) mass is 556 g/mol. The molecule has 2 atom stereocenters. The number of hydrogen-bond donors (Lipinski definition) is 3. The summed E-state index contributed by atoms with van der Waals surface area (Å²) in [6.45, 7) is 6.58. The number of aliphatic hydroxyl groups is 1. The van der Waals surface area contributed by atoms with Crippen LogP contribution in [-0.2, 0) is 4.79 Å². The first-order valence-electron chi connectivity index (χ1n) is 13.0.